The van der Waals surface area contributed by atoms with Crippen LogP contribution in [0.1, 0.15) is 5.56 Å². The van der Waals surface area contributed by atoms with Gasteiger partial charge in [-0.25, -0.2) is 0 Å². The van der Waals surface area contributed by atoms with Gasteiger partial charge >= 0.3 is 0 Å². The average Bonchev–Trinajstić information content (AvgIpc) is 2.83. The largest absolute Gasteiger partial charge is 0.267 e. The molecule has 2 rings (SSSR count). The molecule has 1 heterocycles. The van der Waals surface area contributed by atoms with Gasteiger partial charge in [0, 0.05) is 23.0 Å². The fourth-order valence-electron chi connectivity index (χ4n) is 1.41. The molecule has 17 heavy (non-hydrogen) atoms. The minimum Gasteiger partial charge on any atom is -0.267 e. The van der Waals surface area contributed by atoms with Gasteiger partial charge in [0.2, 0.25) is 0 Å². The zero-order chi connectivity index (χ0) is 11.9. The normalized spacial score (nSPS) is 18.6. The van der Waals surface area contributed by atoms with E-state index >= 15 is 0 Å². The number of thioether (sulfide) groups is 2. The molecule has 0 aliphatic carbocycles. The number of azide groups is 1. The Hall–Kier alpha value is -1.10. The third-order valence-electron chi connectivity index (χ3n) is 2.25. The summed E-state index contributed by atoms with van der Waals surface area (Å²) in [6, 6.07) is 10.5. The highest BCUT2D eigenvalue weighted by Gasteiger charge is 2.17. The van der Waals surface area contributed by atoms with Crippen LogP contribution in [0.5, 0.6) is 0 Å². The third kappa shape index (κ3) is 4.00. The summed E-state index contributed by atoms with van der Waals surface area (Å²) in [5.74, 6) is 1.87. The molecule has 0 radical (unpaired) electrons. The molecule has 0 spiro atoms. The minimum absolute atomic E-state index is 0.161. The van der Waals surface area contributed by atoms with E-state index < -0.39 is 0 Å². The number of nitrogens with zero attached hydrogens (tertiary/aromatic N) is 4. The van der Waals surface area contributed by atoms with Crippen LogP contribution in [0.15, 0.2) is 40.4 Å². The number of rotatable bonds is 4. The topological polar surface area (TPSA) is 61.1 Å². The van der Waals surface area contributed by atoms with Gasteiger partial charge in [0.25, 0.3) is 0 Å². The van der Waals surface area contributed by atoms with Crippen LogP contribution in [0.2, 0.25) is 0 Å². The van der Waals surface area contributed by atoms with Crippen LogP contribution in [0.25, 0.3) is 10.4 Å². The van der Waals surface area contributed by atoms with Crippen LogP contribution in [0, 0.1) is 0 Å². The van der Waals surface area contributed by atoms with Crippen molar-refractivity contribution in [1.82, 2.24) is 0 Å². The summed E-state index contributed by atoms with van der Waals surface area (Å²) in [7, 11) is 0. The van der Waals surface area contributed by atoms with Gasteiger partial charge in [0.05, 0.1) is 6.04 Å². The molecular weight excluding hydrogens is 252 g/mol. The summed E-state index contributed by atoms with van der Waals surface area (Å²) in [4.78, 5) is 7.28. The second kappa shape index (κ2) is 6.59. The molecule has 0 bridgehead atoms. The summed E-state index contributed by atoms with van der Waals surface area (Å²) in [5, 5.41) is 3.56. The van der Waals surface area contributed by atoms with E-state index in [4.69, 9.17) is 5.53 Å². The van der Waals surface area contributed by atoms with Gasteiger partial charge < -0.3 is 0 Å². The lowest BCUT2D eigenvalue weighted by Crippen LogP contribution is -2.06. The number of benzene rings is 1. The van der Waals surface area contributed by atoms with Crippen LogP contribution >= 0.6 is 23.5 Å². The smallest absolute Gasteiger partial charge is 0.125 e. The van der Waals surface area contributed by atoms with Crippen LogP contribution in [0.4, 0.5) is 0 Å². The molecule has 88 valence electrons. The van der Waals surface area contributed by atoms with Crippen molar-refractivity contribution in [3.63, 3.8) is 0 Å². The number of aliphatic imine (C=N–C) groups is 1. The molecule has 0 fully saturated rings. The predicted octanol–water partition coefficient (Wildman–Crippen LogP) is 3.70. The lowest BCUT2D eigenvalue weighted by molar-refractivity contribution is 0.774. The molecule has 0 saturated carbocycles. The summed E-state index contributed by atoms with van der Waals surface area (Å²) >= 11 is 3.50. The molecule has 0 unspecified atom stereocenters. The second-order valence-corrected chi connectivity index (χ2v) is 5.78. The molecule has 0 aromatic heterocycles. The van der Waals surface area contributed by atoms with Crippen molar-refractivity contribution in [1.29, 1.82) is 0 Å². The number of hydrogen-bond acceptors (Lipinski definition) is 4. The van der Waals surface area contributed by atoms with Crippen molar-refractivity contribution in [3.05, 3.63) is 46.3 Å². The Morgan fingerprint density at radius 1 is 1.47 bits per heavy atom. The van der Waals surface area contributed by atoms with Crippen molar-refractivity contribution in [2.24, 2.45) is 10.1 Å². The molecule has 1 aliphatic rings. The van der Waals surface area contributed by atoms with Crippen LogP contribution < -0.4 is 0 Å². The lowest BCUT2D eigenvalue weighted by Gasteiger charge is -1.99. The van der Waals surface area contributed by atoms with Gasteiger partial charge in [-0.1, -0.05) is 59.0 Å². The van der Waals surface area contributed by atoms with Crippen molar-refractivity contribution >= 4 is 27.9 Å². The quantitative estimate of drug-likeness (QED) is 0.473. The van der Waals surface area contributed by atoms with Gasteiger partial charge in [-0.15, -0.1) is 0 Å². The predicted molar refractivity (Wildman–Crippen MR) is 75.4 cm³/mol. The van der Waals surface area contributed by atoms with Crippen molar-refractivity contribution in [3.8, 4) is 0 Å². The van der Waals surface area contributed by atoms with Crippen LogP contribution in [-0.4, -0.2) is 22.7 Å². The third-order valence-corrected chi connectivity index (χ3v) is 4.69. The maximum Gasteiger partial charge on any atom is 0.125 e. The zero-order valence-corrected chi connectivity index (χ0v) is 10.8. The monoisotopic (exact) mass is 264 g/mol. The van der Waals surface area contributed by atoms with E-state index in [9.17, 15) is 0 Å². The summed E-state index contributed by atoms with van der Waals surface area (Å²) in [6.45, 7) is 0.471. The first kappa shape index (κ1) is 12.4. The van der Waals surface area contributed by atoms with E-state index in [2.05, 4.69) is 27.2 Å². The Balaban J connectivity index is 1.82. The highest BCUT2D eigenvalue weighted by Crippen LogP contribution is 2.28. The molecule has 1 aromatic rings. The lowest BCUT2D eigenvalue weighted by atomic mass is 10.2. The Morgan fingerprint density at radius 2 is 2.29 bits per heavy atom. The van der Waals surface area contributed by atoms with Gasteiger partial charge in [0.15, 0.2) is 0 Å². The first-order chi connectivity index (χ1) is 8.38. The average molecular weight is 264 g/mol. The maximum absolute atomic E-state index is 8.24. The molecular formula is C11H12N4S2. The highest BCUT2D eigenvalue weighted by molar-refractivity contribution is 8.38. The van der Waals surface area contributed by atoms with E-state index in [0.717, 1.165) is 15.9 Å². The Labute approximate surface area is 109 Å². The summed E-state index contributed by atoms with van der Waals surface area (Å²) < 4.78 is 1.10. The fraction of sp³-hybridized carbons (Fsp3) is 0.364. The summed E-state index contributed by atoms with van der Waals surface area (Å²) in [6.07, 6.45) is 0. The van der Waals surface area contributed by atoms with E-state index in [1.165, 1.54) is 5.56 Å². The summed E-state index contributed by atoms with van der Waals surface area (Å²) in [5.41, 5.74) is 9.55. The number of hydrogen-bond donors (Lipinski definition) is 0. The molecule has 0 saturated heterocycles. The fourth-order valence-corrected chi connectivity index (χ4v) is 3.57. The molecule has 4 nitrogen and oxygen atoms in total. The van der Waals surface area contributed by atoms with E-state index in [-0.39, 0.29) is 6.04 Å². The SMILES string of the molecule is [N-]=[N+]=NC[C@@H]1CSC(SCc2ccccc2)=N1. The van der Waals surface area contributed by atoms with Crippen molar-refractivity contribution in [2.45, 2.75) is 11.8 Å². The molecule has 6 heteroatoms. The van der Waals surface area contributed by atoms with Crippen molar-refractivity contribution in [2.75, 3.05) is 12.3 Å². The van der Waals surface area contributed by atoms with Crippen molar-refractivity contribution < 1.29 is 0 Å². The van der Waals surface area contributed by atoms with Crippen LogP contribution in [0.3, 0.4) is 0 Å². The standard InChI is InChI=1S/C11H12N4S2/c12-15-13-6-10-8-17-11(14-10)16-7-9-4-2-1-3-5-9/h1-5,10H,6-8H2/t10-/m1/s1. The van der Waals surface area contributed by atoms with Crippen LogP contribution in [-0.2, 0) is 5.75 Å². The van der Waals surface area contributed by atoms with Gasteiger partial charge in [0.1, 0.15) is 4.38 Å². The molecule has 0 amide bonds. The van der Waals surface area contributed by atoms with Gasteiger partial charge in [-0.2, -0.15) is 0 Å². The van der Waals surface area contributed by atoms with Gasteiger partial charge in [-0.3, -0.25) is 4.99 Å². The highest BCUT2D eigenvalue weighted by atomic mass is 32.2. The molecule has 1 atom stereocenters. The van der Waals surface area contributed by atoms with Gasteiger partial charge in [-0.05, 0) is 11.1 Å². The zero-order valence-electron chi connectivity index (χ0n) is 9.19. The molecule has 0 N–H and O–H groups in total. The Kier molecular flexibility index (Phi) is 4.79. The Morgan fingerprint density at radius 3 is 3.06 bits per heavy atom. The molecule has 1 aliphatic heterocycles. The Bertz CT molecular complexity index is 440. The maximum atomic E-state index is 8.24. The van der Waals surface area contributed by atoms with E-state index in [1.807, 2.05) is 18.2 Å². The van der Waals surface area contributed by atoms with E-state index in [1.54, 1.807) is 23.5 Å². The minimum atomic E-state index is 0.161. The second-order valence-electron chi connectivity index (χ2n) is 3.55. The van der Waals surface area contributed by atoms with E-state index in [0.29, 0.717) is 6.54 Å². The first-order valence-corrected chi connectivity index (χ1v) is 7.24. The molecule has 1 aromatic carbocycles. The first-order valence-electron chi connectivity index (χ1n) is 5.26.